The third-order valence-electron chi connectivity index (χ3n) is 4.32. The van der Waals surface area contributed by atoms with Gasteiger partial charge < -0.3 is 14.7 Å². The first-order valence-corrected chi connectivity index (χ1v) is 9.46. The zero-order valence-corrected chi connectivity index (χ0v) is 16.0. The molecular weight excluding hydrogens is 342 g/mol. The van der Waals surface area contributed by atoms with Crippen LogP contribution in [0.1, 0.15) is 60.2 Å². The lowest BCUT2D eigenvalue weighted by atomic mass is 10.1. The van der Waals surface area contributed by atoms with Crippen LogP contribution in [0.3, 0.4) is 0 Å². The van der Waals surface area contributed by atoms with Gasteiger partial charge in [0.1, 0.15) is 11.3 Å². The van der Waals surface area contributed by atoms with Crippen LogP contribution in [-0.4, -0.2) is 30.1 Å². The SMILES string of the molecule is CCCCN(CCCC)c1ccc(C(=O)OC(=O)c2ccccc2)c(O)c1. The number of benzene rings is 2. The molecule has 0 fully saturated rings. The van der Waals surface area contributed by atoms with Crippen LogP contribution in [-0.2, 0) is 4.74 Å². The van der Waals surface area contributed by atoms with Crippen LogP contribution in [0.2, 0.25) is 0 Å². The Balaban J connectivity index is 2.12. The number of aromatic hydroxyl groups is 1. The Morgan fingerprint density at radius 1 is 0.926 bits per heavy atom. The van der Waals surface area contributed by atoms with Crippen molar-refractivity contribution < 1.29 is 19.4 Å². The van der Waals surface area contributed by atoms with Gasteiger partial charge in [0.05, 0.1) is 5.56 Å². The molecule has 1 N–H and O–H groups in total. The Kier molecular flexibility index (Phi) is 7.86. The quantitative estimate of drug-likeness (QED) is 0.508. The maximum absolute atomic E-state index is 12.3. The first kappa shape index (κ1) is 20.5. The van der Waals surface area contributed by atoms with Gasteiger partial charge >= 0.3 is 11.9 Å². The molecule has 0 aromatic heterocycles. The van der Waals surface area contributed by atoms with Gasteiger partial charge in [-0.05, 0) is 37.1 Å². The summed E-state index contributed by atoms with van der Waals surface area (Å²) >= 11 is 0. The zero-order chi connectivity index (χ0) is 19.6. The van der Waals surface area contributed by atoms with Gasteiger partial charge in [0.25, 0.3) is 0 Å². The predicted octanol–water partition coefficient (Wildman–Crippen LogP) is 4.80. The van der Waals surface area contributed by atoms with Crippen LogP contribution in [0, 0.1) is 0 Å². The fraction of sp³-hybridized carbons (Fsp3) is 0.364. The van der Waals surface area contributed by atoms with E-state index in [1.807, 2.05) is 0 Å². The summed E-state index contributed by atoms with van der Waals surface area (Å²) in [6, 6.07) is 13.1. The van der Waals surface area contributed by atoms with E-state index in [4.69, 9.17) is 4.74 Å². The van der Waals surface area contributed by atoms with E-state index in [1.165, 1.54) is 6.07 Å². The van der Waals surface area contributed by atoms with Gasteiger partial charge in [0.15, 0.2) is 0 Å². The molecular formula is C22H27NO4. The van der Waals surface area contributed by atoms with E-state index in [9.17, 15) is 14.7 Å². The van der Waals surface area contributed by atoms with Gasteiger partial charge in [0.2, 0.25) is 0 Å². The molecule has 2 aromatic rings. The number of phenolic OH excluding ortho intramolecular Hbond substituents is 1. The fourth-order valence-corrected chi connectivity index (χ4v) is 2.73. The van der Waals surface area contributed by atoms with Gasteiger partial charge in [0, 0.05) is 24.8 Å². The summed E-state index contributed by atoms with van der Waals surface area (Å²) in [5.41, 5.74) is 1.13. The molecule has 0 aliphatic rings. The van der Waals surface area contributed by atoms with Gasteiger partial charge in [-0.1, -0.05) is 44.9 Å². The number of nitrogens with zero attached hydrogens (tertiary/aromatic N) is 1. The molecule has 0 spiro atoms. The number of carbonyl (C=O) groups excluding carboxylic acids is 2. The highest BCUT2D eigenvalue weighted by Gasteiger charge is 2.19. The molecule has 2 rings (SSSR count). The van der Waals surface area contributed by atoms with E-state index in [0.29, 0.717) is 0 Å². The largest absolute Gasteiger partial charge is 0.507 e. The predicted molar refractivity (Wildman–Crippen MR) is 106 cm³/mol. The molecule has 0 radical (unpaired) electrons. The number of rotatable bonds is 9. The summed E-state index contributed by atoms with van der Waals surface area (Å²) in [5.74, 6) is -1.78. The molecule has 5 nitrogen and oxygen atoms in total. The summed E-state index contributed by atoms with van der Waals surface area (Å²) in [4.78, 5) is 26.5. The maximum Gasteiger partial charge on any atom is 0.349 e. The molecule has 0 bridgehead atoms. The summed E-state index contributed by atoms with van der Waals surface area (Å²) in [5, 5.41) is 10.3. The van der Waals surface area contributed by atoms with Crippen LogP contribution in [0.25, 0.3) is 0 Å². The average Bonchev–Trinajstić information content (AvgIpc) is 2.68. The number of esters is 2. The summed E-state index contributed by atoms with van der Waals surface area (Å²) in [6.07, 6.45) is 4.28. The molecule has 0 unspecified atom stereocenters. The zero-order valence-electron chi connectivity index (χ0n) is 16.0. The smallest absolute Gasteiger partial charge is 0.349 e. The Morgan fingerprint density at radius 3 is 2.11 bits per heavy atom. The first-order valence-electron chi connectivity index (χ1n) is 9.46. The first-order chi connectivity index (χ1) is 13.1. The molecule has 0 aliphatic carbocycles. The Bertz CT molecular complexity index is 750. The van der Waals surface area contributed by atoms with Gasteiger partial charge in [-0.25, -0.2) is 9.59 Å². The van der Waals surface area contributed by atoms with Crippen LogP contribution in [0.5, 0.6) is 5.75 Å². The molecule has 0 atom stereocenters. The van der Waals surface area contributed by atoms with E-state index in [0.717, 1.165) is 44.5 Å². The number of hydrogen-bond acceptors (Lipinski definition) is 5. The molecule has 0 saturated heterocycles. The van der Waals surface area contributed by atoms with E-state index < -0.39 is 11.9 Å². The van der Waals surface area contributed by atoms with E-state index in [-0.39, 0.29) is 16.9 Å². The van der Waals surface area contributed by atoms with E-state index in [1.54, 1.807) is 42.5 Å². The Labute approximate surface area is 160 Å². The summed E-state index contributed by atoms with van der Waals surface area (Å²) < 4.78 is 4.88. The van der Waals surface area contributed by atoms with Gasteiger partial charge in [-0.3, -0.25) is 0 Å². The number of hydrogen-bond donors (Lipinski definition) is 1. The van der Waals surface area contributed by atoms with Gasteiger partial charge in [-0.2, -0.15) is 0 Å². The minimum absolute atomic E-state index is 0.0195. The second-order valence-corrected chi connectivity index (χ2v) is 6.44. The molecule has 144 valence electrons. The second kappa shape index (κ2) is 10.4. The molecule has 0 amide bonds. The van der Waals surface area contributed by atoms with Crippen molar-refractivity contribution in [1.82, 2.24) is 0 Å². The number of anilines is 1. The van der Waals surface area contributed by atoms with Crippen molar-refractivity contribution in [3.05, 3.63) is 59.7 Å². The molecule has 0 aliphatic heterocycles. The van der Waals surface area contributed by atoms with Crippen molar-refractivity contribution in [2.24, 2.45) is 0 Å². The average molecular weight is 369 g/mol. The number of unbranched alkanes of at least 4 members (excludes halogenated alkanes) is 2. The standard InChI is InChI=1S/C22H27NO4/c1-3-5-14-23(15-6-4-2)18-12-13-19(20(24)16-18)22(26)27-21(25)17-10-8-7-9-11-17/h7-13,16,24H,3-6,14-15H2,1-2H3. The minimum atomic E-state index is -0.860. The highest BCUT2D eigenvalue weighted by Crippen LogP contribution is 2.26. The number of ether oxygens (including phenoxy) is 1. The summed E-state index contributed by atoms with van der Waals surface area (Å²) in [6.45, 7) is 6.06. The molecule has 0 saturated carbocycles. The lowest BCUT2D eigenvalue weighted by molar-refractivity contribution is 0.0396. The number of carbonyl (C=O) groups is 2. The molecule has 5 heteroatoms. The maximum atomic E-state index is 12.3. The van der Waals surface area contributed by atoms with Crippen molar-refractivity contribution in [3.8, 4) is 5.75 Å². The van der Waals surface area contributed by atoms with Crippen LogP contribution < -0.4 is 4.90 Å². The van der Waals surface area contributed by atoms with Crippen molar-refractivity contribution in [3.63, 3.8) is 0 Å². The highest BCUT2D eigenvalue weighted by atomic mass is 16.6. The number of phenols is 1. The Morgan fingerprint density at radius 2 is 1.56 bits per heavy atom. The van der Waals surface area contributed by atoms with Crippen LogP contribution in [0.4, 0.5) is 5.69 Å². The fourth-order valence-electron chi connectivity index (χ4n) is 2.73. The van der Waals surface area contributed by atoms with E-state index >= 15 is 0 Å². The van der Waals surface area contributed by atoms with Crippen molar-refractivity contribution >= 4 is 17.6 Å². The van der Waals surface area contributed by atoms with Gasteiger partial charge in [-0.15, -0.1) is 0 Å². The van der Waals surface area contributed by atoms with Crippen LogP contribution >= 0.6 is 0 Å². The Hall–Kier alpha value is -2.82. The monoisotopic (exact) mass is 369 g/mol. The normalized spacial score (nSPS) is 10.4. The van der Waals surface area contributed by atoms with Crippen molar-refractivity contribution in [2.75, 3.05) is 18.0 Å². The van der Waals surface area contributed by atoms with Crippen molar-refractivity contribution in [2.45, 2.75) is 39.5 Å². The third kappa shape index (κ3) is 5.84. The van der Waals surface area contributed by atoms with E-state index in [2.05, 4.69) is 18.7 Å². The highest BCUT2D eigenvalue weighted by molar-refractivity contribution is 6.03. The lowest BCUT2D eigenvalue weighted by Crippen LogP contribution is -2.25. The molecule has 27 heavy (non-hydrogen) atoms. The third-order valence-corrected chi connectivity index (χ3v) is 4.32. The molecule has 0 heterocycles. The minimum Gasteiger partial charge on any atom is -0.507 e. The van der Waals surface area contributed by atoms with Crippen molar-refractivity contribution in [1.29, 1.82) is 0 Å². The van der Waals surface area contributed by atoms with Crippen LogP contribution in [0.15, 0.2) is 48.5 Å². The molecule has 2 aromatic carbocycles. The second-order valence-electron chi connectivity index (χ2n) is 6.44. The topological polar surface area (TPSA) is 66.8 Å². The lowest BCUT2D eigenvalue weighted by Gasteiger charge is -2.25. The summed E-state index contributed by atoms with van der Waals surface area (Å²) in [7, 11) is 0.